The zero-order chi connectivity index (χ0) is 21.2. The van der Waals surface area contributed by atoms with E-state index in [9.17, 15) is 14.0 Å². The van der Waals surface area contributed by atoms with E-state index in [2.05, 4.69) is 15.7 Å². The Morgan fingerprint density at radius 2 is 2.00 bits per heavy atom. The molecule has 1 atom stereocenters. The summed E-state index contributed by atoms with van der Waals surface area (Å²) in [4.78, 5) is 24.8. The topological polar surface area (TPSA) is 85.3 Å². The van der Waals surface area contributed by atoms with Crippen LogP contribution in [0.3, 0.4) is 0 Å². The number of hydrogen-bond acceptors (Lipinski definition) is 4. The summed E-state index contributed by atoms with van der Waals surface area (Å²) in [5, 5.41) is 9.71. The van der Waals surface area contributed by atoms with Crippen LogP contribution in [0.2, 0.25) is 0 Å². The van der Waals surface area contributed by atoms with Crippen LogP contribution >= 0.6 is 0 Å². The second kappa shape index (κ2) is 7.85. The lowest BCUT2D eigenvalue weighted by molar-refractivity contribution is 0.0502. The van der Waals surface area contributed by atoms with Crippen molar-refractivity contribution in [3.63, 3.8) is 0 Å². The maximum atomic E-state index is 14.5. The highest BCUT2D eigenvalue weighted by Gasteiger charge is 2.43. The van der Waals surface area contributed by atoms with E-state index in [-0.39, 0.29) is 23.7 Å². The summed E-state index contributed by atoms with van der Waals surface area (Å²) in [6.07, 6.45) is 4.57. The minimum Gasteiger partial charge on any atom is -0.444 e. The van der Waals surface area contributed by atoms with Crippen LogP contribution in [0.4, 0.5) is 9.18 Å². The molecule has 0 bridgehead atoms. The first kappa shape index (κ1) is 20.8. The molecule has 1 fully saturated rings. The van der Waals surface area contributed by atoms with Gasteiger partial charge in [-0.05, 0) is 70.7 Å². The van der Waals surface area contributed by atoms with E-state index in [1.54, 1.807) is 45.3 Å². The van der Waals surface area contributed by atoms with E-state index in [1.165, 1.54) is 16.8 Å². The lowest BCUT2D eigenvalue weighted by atomic mass is 9.95. The van der Waals surface area contributed by atoms with Gasteiger partial charge in [-0.15, -0.1) is 0 Å². The van der Waals surface area contributed by atoms with E-state index >= 15 is 0 Å². The van der Waals surface area contributed by atoms with Gasteiger partial charge in [0.2, 0.25) is 0 Å². The molecule has 156 valence electrons. The average molecular weight is 402 g/mol. The Kier molecular flexibility index (Phi) is 5.64. The molecule has 1 aromatic carbocycles. The monoisotopic (exact) mass is 402 g/mol. The molecule has 1 aliphatic carbocycles. The van der Waals surface area contributed by atoms with Crippen molar-refractivity contribution in [3.8, 4) is 5.69 Å². The molecule has 1 heterocycles. The first-order valence-electron chi connectivity index (χ1n) is 9.66. The first-order chi connectivity index (χ1) is 13.6. The van der Waals surface area contributed by atoms with Crippen molar-refractivity contribution in [1.82, 2.24) is 20.4 Å². The van der Waals surface area contributed by atoms with Crippen LogP contribution in [0.5, 0.6) is 0 Å². The van der Waals surface area contributed by atoms with E-state index in [1.807, 2.05) is 6.92 Å². The minimum absolute atomic E-state index is 0.211. The summed E-state index contributed by atoms with van der Waals surface area (Å²) in [6.45, 7) is 7.47. The van der Waals surface area contributed by atoms with Crippen molar-refractivity contribution >= 4 is 12.0 Å². The Balaban J connectivity index is 1.68. The molecule has 2 aromatic rings. The maximum Gasteiger partial charge on any atom is 0.407 e. The van der Waals surface area contributed by atoms with Gasteiger partial charge in [-0.25, -0.2) is 13.9 Å². The summed E-state index contributed by atoms with van der Waals surface area (Å²) >= 11 is 0. The molecule has 7 nitrogen and oxygen atoms in total. The van der Waals surface area contributed by atoms with Gasteiger partial charge in [0, 0.05) is 24.5 Å². The summed E-state index contributed by atoms with van der Waals surface area (Å²) in [5.74, 6) is -0.688. The second-order valence-corrected chi connectivity index (χ2v) is 8.62. The van der Waals surface area contributed by atoms with Crippen molar-refractivity contribution in [2.45, 2.75) is 51.7 Å². The van der Waals surface area contributed by atoms with Gasteiger partial charge in [0.05, 0.1) is 5.54 Å². The summed E-state index contributed by atoms with van der Waals surface area (Å²) in [7, 11) is 0. The van der Waals surface area contributed by atoms with Crippen molar-refractivity contribution in [1.29, 1.82) is 0 Å². The first-order valence-corrected chi connectivity index (χ1v) is 9.66. The summed E-state index contributed by atoms with van der Waals surface area (Å²) in [5.41, 5.74) is -0.770. The lowest BCUT2D eigenvalue weighted by Gasteiger charge is -2.32. The number of halogens is 1. The Hall–Kier alpha value is -2.90. The normalized spacial score (nSPS) is 16.0. The fraction of sp³-hybridized carbons (Fsp3) is 0.476. The van der Waals surface area contributed by atoms with Gasteiger partial charge in [-0.2, -0.15) is 5.10 Å². The molecule has 0 aliphatic heterocycles. The largest absolute Gasteiger partial charge is 0.444 e. The third kappa shape index (κ3) is 5.34. The number of nitrogens with one attached hydrogen (secondary N) is 2. The van der Waals surface area contributed by atoms with Crippen LogP contribution in [0.15, 0.2) is 36.7 Å². The van der Waals surface area contributed by atoms with Crippen LogP contribution in [-0.4, -0.2) is 39.5 Å². The molecule has 2 N–H and O–H groups in total. The van der Waals surface area contributed by atoms with E-state index < -0.39 is 29.0 Å². The highest BCUT2D eigenvalue weighted by molar-refractivity contribution is 5.95. The highest BCUT2D eigenvalue weighted by atomic mass is 19.1. The minimum atomic E-state index is -0.648. The molecular weight excluding hydrogens is 375 g/mol. The number of nitrogens with zero attached hydrogens (tertiary/aromatic N) is 2. The molecule has 3 rings (SSSR count). The lowest BCUT2D eigenvalue weighted by Crippen LogP contribution is -2.55. The maximum absolute atomic E-state index is 14.5. The van der Waals surface area contributed by atoms with E-state index in [0.29, 0.717) is 0 Å². The van der Waals surface area contributed by atoms with Gasteiger partial charge in [0.25, 0.3) is 5.91 Å². The Morgan fingerprint density at radius 1 is 1.28 bits per heavy atom. The molecule has 0 spiro atoms. The van der Waals surface area contributed by atoms with Crippen LogP contribution in [0, 0.1) is 11.7 Å². The van der Waals surface area contributed by atoms with E-state index in [0.717, 1.165) is 12.8 Å². The molecule has 1 aromatic heterocycles. The van der Waals surface area contributed by atoms with Crippen molar-refractivity contribution in [2.75, 3.05) is 6.54 Å². The summed E-state index contributed by atoms with van der Waals surface area (Å²) < 4.78 is 21.1. The van der Waals surface area contributed by atoms with Crippen molar-refractivity contribution in [2.24, 2.45) is 5.92 Å². The van der Waals surface area contributed by atoms with Crippen LogP contribution in [0.1, 0.15) is 50.9 Å². The van der Waals surface area contributed by atoms with Crippen molar-refractivity contribution in [3.05, 3.63) is 48.0 Å². The van der Waals surface area contributed by atoms with E-state index in [4.69, 9.17) is 4.74 Å². The fourth-order valence-electron chi connectivity index (χ4n) is 3.16. The van der Waals surface area contributed by atoms with Gasteiger partial charge in [-0.3, -0.25) is 4.79 Å². The van der Waals surface area contributed by atoms with Gasteiger partial charge in [-0.1, -0.05) is 0 Å². The van der Waals surface area contributed by atoms with Crippen LogP contribution in [0.25, 0.3) is 5.69 Å². The predicted molar refractivity (Wildman–Crippen MR) is 106 cm³/mol. The molecule has 29 heavy (non-hydrogen) atoms. The second-order valence-electron chi connectivity index (χ2n) is 8.62. The third-order valence-corrected chi connectivity index (χ3v) is 4.84. The van der Waals surface area contributed by atoms with Gasteiger partial charge < -0.3 is 15.4 Å². The third-order valence-electron chi connectivity index (χ3n) is 4.84. The Morgan fingerprint density at radius 3 is 2.55 bits per heavy atom. The standard InChI is InChI=1S/C21H27FN4O3/c1-20(2,3)29-19(28)23-13-21(4,15-7-8-15)25-18(27)14-6-9-17(16(22)12-14)26-11-5-10-24-26/h5-6,9-12,15H,7-8,13H2,1-4H3,(H,23,28)(H,25,27). The molecule has 1 unspecified atom stereocenters. The highest BCUT2D eigenvalue weighted by Crippen LogP contribution is 2.39. The van der Waals surface area contributed by atoms with Crippen LogP contribution in [-0.2, 0) is 4.74 Å². The molecule has 1 aliphatic rings. The smallest absolute Gasteiger partial charge is 0.407 e. The molecule has 8 heteroatoms. The Bertz CT molecular complexity index is 888. The van der Waals surface area contributed by atoms with Crippen LogP contribution < -0.4 is 10.6 Å². The number of carbonyl (C=O) groups is 2. The molecule has 0 saturated heterocycles. The molecule has 1 saturated carbocycles. The fourth-order valence-corrected chi connectivity index (χ4v) is 3.16. The number of rotatable bonds is 6. The predicted octanol–water partition coefficient (Wildman–Crippen LogP) is 3.43. The number of aromatic nitrogens is 2. The zero-order valence-electron chi connectivity index (χ0n) is 17.2. The van der Waals surface area contributed by atoms with Gasteiger partial charge in [0.15, 0.2) is 0 Å². The number of carbonyl (C=O) groups excluding carboxylic acids is 2. The molecular formula is C21H27FN4O3. The van der Waals surface area contributed by atoms with Gasteiger partial charge >= 0.3 is 6.09 Å². The van der Waals surface area contributed by atoms with Crippen molar-refractivity contribution < 1.29 is 18.7 Å². The number of alkyl carbamates (subject to hydrolysis) is 1. The number of amides is 2. The summed E-state index contributed by atoms with van der Waals surface area (Å²) in [6, 6.07) is 5.97. The number of benzene rings is 1. The van der Waals surface area contributed by atoms with Gasteiger partial charge in [0.1, 0.15) is 17.1 Å². The SMILES string of the molecule is CC(C)(C)OC(=O)NCC(C)(NC(=O)c1ccc(-n2cccn2)c(F)c1)C1CC1. The number of ether oxygens (including phenoxy) is 1. The molecule has 0 radical (unpaired) electrons. The average Bonchev–Trinajstić information content (AvgIpc) is 3.35. The zero-order valence-corrected chi connectivity index (χ0v) is 17.2. The quantitative estimate of drug-likeness (QED) is 0.775. The number of hydrogen-bond donors (Lipinski definition) is 2. The molecule has 2 amide bonds. The Labute approximate surface area is 169 Å².